The van der Waals surface area contributed by atoms with E-state index in [0.717, 1.165) is 10.7 Å². The standard InChI is InChI=1S/C11H16Br2O2/c1-11(2)14-9(5-3-7-12)10(15-11)6-4-8-13/h3-6,9-10H,7-8H2,1-2H3/t9-,10-/m1/s1. The molecule has 4 heteroatoms. The first-order valence-electron chi connectivity index (χ1n) is 4.90. The van der Waals surface area contributed by atoms with Crippen molar-refractivity contribution in [3.8, 4) is 0 Å². The van der Waals surface area contributed by atoms with Crippen LogP contribution in [0.5, 0.6) is 0 Å². The minimum Gasteiger partial charge on any atom is -0.340 e. The molecule has 0 aromatic heterocycles. The molecule has 1 rings (SSSR count). The molecule has 1 heterocycles. The predicted octanol–water partition coefficient (Wildman–Crippen LogP) is 3.41. The molecule has 1 aliphatic heterocycles. The molecule has 1 fully saturated rings. The van der Waals surface area contributed by atoms with Crippen LogP contribution in [0.3, 0.4) is 0 Å². The molecule has 0 bridgehead atoms. The van der Waals surface area contributed by atoms with Gasteiger partial charge in [-0.25, -0.2) is 0 Å². The van der Waals surface area contributed by atoms with E-state index in [1.165, 1.54) is 0 Å². The van der Waals surface area contributed by atoms with Gasteiger partial charge in [0.1, 0.15) is 12.2 Å². The lowest BCUT2D eigenvalue weighted by atomic mass is 10.2. The van der Waals surface area contributed by atoms with Gasteiger partial charge in [-0.3, -0.25) is 0 Å². The van der Waals surface area contributed by atoms with Crippen LogP contribution in [0.2, 0.25) is 0 Å². The van der Waals surface area contributed by atoms with Gasteiger partial charge in [0.2, 0.25) is 0 Å². The molecule has 0 radical (unpaired) electrons. The SMILES string of the molecule is CC1(C)O[C@H](C=CCBr)[C@@H](C=CCBr)O1. The van der Waals surface area contributed by atoms with Gasteiger partial charge >= 0.3 is 0 Å². The smallest absolute Gasteiger partial charge is 0.164 e. The third-order valence-corrected chi connectivity index (χ3v) is 2.74. The fourth-order valence-electron chi connectivity index (χ4n) is 1.49. The normalized spacial score (nSPS) is 30.7. The molecular formula is C11H16Br2O2. The summed E-state index contributed by atoms with van der Waals surface area (Å²) in [4.78, 5) is 0. The van der Waals surface area contributed by atoms with E-state index in [-0.39, 0.29) is 12.2 Å². The highest BCUT2D eigenvalue weighted by Gasteiger charge is 2.38. The van der Waals surface area contributed by atoms with E-state index in [0.29, 0.717) is 0 Å². The van der Waals surface area contributed by atoms with E-state index < -0.39 is 5.79 Å². The van der Waals surface area contributed by atoms with Gasteiger partial charge < -0.3 is 9.47 Å². The maximum atomic E-state index is 5.76. The Bertz CT molecular complexity index is 225. The minimum atomic E-state index is -0.497. The number of hydrogen-bond acceptors (Lipinski definition) is 2. The first-order valence-corrected chi connectivity index (χ1v) is 7.14. The van der Waals surface area contributed by atoms with Gasteiger partial charge in [0.25, 0.3) is 0 Å². The van der Waals surface area contributed by atoms with E-state index >= 15 is 0 Å². The number of rotatable bonds is 4. The molecule has 0 N–H and O–H groups in total. The topological polar surface area (TPSA) is 18.5 Å². The highest BCUT2D eigenvalue weighted by Crippen LogP contribution is 2.29. The van der Waals surface area contributed by atoms with Crippen LogP contribution in [0.4, 0.5) is 0 Å². The second-order valence-corrected chi connectivity index (χ2v) is 5.02. The number of ether oxygens (including phenoxy) is 2. The van der Waals surface area contributed by atoms with Crippen molar-refractivity contribution in [1.29, 1.82) is 0 Å². The number of halogens is 2. The van der Waals surface area contributed by atoms with Crippen LogP contribution in [-0.4, -0.2) is 28.7 Å². The Morgan fingerprint density at radius 1 is 1.00 bits per heavy atom. The first kappa shape index (κ1) is 13.4. The van der Waals surface area contributed by atoms with Gasteiger partial charge in [-0.15, -0.1) is 0 Å². The Morgan fingerprint density at radius 3 is 1.73 bits per heavy atom. The second-order valence-electron chi connectivity index (χ2n) is 3.73. The number of allylic oxidation sites excluding steroid dienone is 2. The molecule has 0 aromatic rings. The van der Waals surface area contributed by atoms with Crippen molar-refractivity contribution in [3.63, 3.8) is 0 Å². The first-order chi connectivity index (χ1) is 7.09. The molecule has 0 amide bonds. The summed E-state index contributed by atoms with van der Waals surface area (Å²) in [6, 6.07) is 0. The summed E-state index contributed by atoms with van der Waals surface area (Å²) in [5, 5.41) is 1.67. The van der Waals surface area contributed by atoms with Gasteiger partial charge in [0.15, 0.2) is 5.79 Å². The molecular weight excluding hydrogens is 324 g/mol. The summed E-state index contributed by atoms with van der Waals surface area (Å²) in [6.07, 6.45) is 8.15. The Kier molecular flexibility index (Phi) is 5.53. The minimum absolute atomic E-state index is 0.00727. The lowest BCUT2D eigenvalue weighted by molar-refractivity contribution is -0.139. The Labute approximate surface area is 108 Å². The van der Waals surface area contributed by atoms with Gasteiger partial charge in [-0.2, -0.15) is 0 Å². The third kappa shape index (κ3) is 4.39. The average Bonchev–Trinajstić information content (AvgIpc) is 2.47. The molecule has 0 saturated carbocycles. The van der Waals surface area contributed by atoms with E-state index in [4.69, 9.17) is 9.47 Å². The zero-order valence-electron chi connectivity index (χ0n) is 8.95. The highest BCUT2D eigenvalue weighted by atomic mass is 79.9. The summed E-state index contributed by atoms with van der Waals surface area (Å²) in [5.41, 5.74) is 0. The van der Waals surface area contributed by atoms with Gasteiger partial charge in [0, 0.05) is 10.7 Å². The lowest BCUT2D eigenvalue weighted by Gasteiger charge is -2.15. The molecule has 86 valence electrons. The summed E-state index contributed by atoms with van der Waals surface area (Å²) in [6.45, 7) is 3.87. The zero-order chi connectivity index (χ0) is 11.3. The van der Waals surface area contributed by atoms with Crippen LogP contribution >= 0.6 is 31.9 Å². The van der Waals surface area contributed by atoms with Crippen LogP contribution in [0, 0.1) is 0 Å². The fraction of sp³-hybridized carbons (Fsp3) is 0.636. The van der Waals surface area contributed by atoms with Crippen molar-refractivity contribution in [1.82, 2.24) is 0 Å². The van der Waals surface area contributed by atoms with Crippen molar-refractivity contribution in [2.24, 2.45) is 0 Å². The highest BCUT2D eigenvalue weighted by molar-refractivity contribution is 9.09. The van der Waals surface area contributed by atoms with Crippen LogP contribution in [-0.2, 0) is 9.47 Å². The molecule has 0 spiro atoms. The quantitative estimate of drug-likeness (QED) is 0.577. The van der Waals surface area contributed by atoms with Crippen molar-refractivity contribution in [2.75, 3.05) is 10.7 Å². The molecule has 1 saturated heterocycles. The summed E-state index contributed by atoms with van der Waals surface area (Å²) in [7, 11) is 0. The summed E-state index contributed by atoms with van der Waals surface area (Å²) < 4.78 is 11.5. The Balaban J connectivity index is 2.65. The number of hydrogen-bond donors (Lipinski definition) is 0. The van der Waals surface area contributed by atoms with Gasteiger partial charge in [0.05, 0.1) is 0 Å². The molecule has 0 unspecified atom stereocenters. The van der Waals surface area contributed by atoms with E-state index in [1.54, 1.807) is 0 Å². The van der Waals surface area contributed by atoms with Gasteiger partial charge in [-0.05, 0) is 13.8 Å². The summed E-state index contributed by atoms with van der Waals surface area (Å²) in [5.74, 6) is -0.497. The van der Waals surface area contributed by atoms with Crippen molar-refractivity contribution < 1.29 is 9.47 Å². The molecule has 2 nitrogen and oxygen atoms in total. The van der Waals surface area contributed by atoms with E-state index in [1.807, 2.05) is 38.2 Å². The Hall–Kier alpha value is 0.360. The second kappa shape index (κ2) is 6.18. The monoisotopic (exact) mass is 338 g/mol. The average molecular weight is 340 g/mol. The lowest BCUT2D eigenvalue weighted by Crippen LogP contribution is -2.20. The van der Waals surface area contributed by atoms with Crippen LogP contribution < -0.4 is 0 Å². The Morgan fingerprint density at radius 2 is 1.40 bits per heavy atom. The maximum absolute atomic E-state index is 5.76. The van der Waals surface area contributed by atoms with E-state index in [9.17, 15) is 0 Å². The molecule has 2 atom stereocenters. The predicted molar refractivity (Wildman–Crippen MR) is 69.7 cm³/mol. The fourth-order valence-corrected chi connectivity index (χ4v) is 1.92. The van der Waals surface area contributed by atoms with Crippen molar-refractivity contribution >= 4 is 31.9 Å². The molecule has 0 aromatic carbocycles. The maximum Gasteiger partial charge on any atom is 0.164 e. The number of alkyl halides is 2. The van der Waals surface area contributed by atoms with Crippen molar-refractivity contribution in [3.05, 3.63) is 24.3 Å². The van der Waals surface area contributed by atoms with E-state index in [2.05, 4.69) is 31.9 Å². The van der Waals surface area contributed by atoms with Crippen LogP contribution in [0.25, 0.3) is 0 Å². The summed E-state index contributed by atoms with van der Waals surface area (Å²) >= 11 is 6.70. The molecule has 15 heavy (non-hydrogen) atoms. The third-order valence-electron chi connectivity index (χ3n) is 1.99. The zero-order valence-corrected chi connectivity index (χ0v) is 12.1. The van der Waals surface area contributed by atoms with Crippen LogP contribution in [0.1, 0.15) is 13.8 Å². The van der Waals surface area contributed by atoms with Crippen LogP contribution in [0.15, 0.2) is 24.3 Å². The molecule has 0 aliphatic carbocycles. The largest absolute Gasteiger partial charge is 0.340 e. The molecule has 1 aliphatic rings. The van der Waals surface area contributed by atoms with Crippen molar-refractivity contribution in [2.45, 2.75) is 31.8 Å². The van der Waals surface area contributed by atoms with Gasteiger partial charge in [-0.1, -0.05) is 56.2 Å².